The maximum absolute atomic E-state index is 6.28. The first-order valence-corrected chi connectivity index (χ1v) is 9.36. The van der Waals surface area contributed by atoms with Crippen LogP contribution < -0.4 is 9.47 Å². The van der Waals surface area contributed by atoms with Gasteiger partial charge in [-0.2, -0.15) is 0 Å². The number of aryl methyl sites for hydroxylation is 1. The Kier molecular flexibility index (Phi) is 5.40. The Bertz CT molecular complexity index is 886. The van der Waals surface area contributed by atoms with Crippen LogP contribution in [0.3, 0.4) is 0 Å². The minimum Gasteiger partial charge on any atom is -0.497 e. The van der Waals surface area contributed by atoms with Crippen LogP contribution in [0.2, 0.25) is 0 Å². The first-order valence-electron chi connectivity index (χ1n) is 9.36. The van der Waals surface area contributed by atoms with Crippen molar-refractivity contribution in [2.45, 2.75) is 32.2 Å². The first-order chi connectivity index (χ1) is 13.3. The van der Waals surface area contributed by atoms with Gasteiger partial charge in [0.2, 0.25) is 0 Å². The Labute approximate surface area is 160 Å². The summed E-state index contributed by atoms with van der Waals surface area (Å²) >= 11 is 0. The summed E-state index contributed by atoms with van der Waals surface area (Å²) in [5.41, 5.74) is 4.84. The zero-order chi connectivity index (χ0) is 18.5. The van der Waals surface area contributed by atoms with Crippen molar-refractivity contribution in [3.63, 3.8) is 0 Å². The molecule has 3 heteroatoms. The summed E-state index contributed by atoms with van der Waals surface area (Å²) in [4.78, 5) is 0. The fourth-order valence-corrected chi connectivity index (χ4v) is 3.52. The second-order valence-electron chi connectivity index (χ2n) is 6.79. The average molecular weight is 360 g/mol. The largest absolute Gasteiger partial charge is 0.497 e. The molecule has 0 aromatic heterocycles. The number of methoxy groups -OCH3 is 1. The van der Waals surface area contributed by atoms with E-state index < -0.39 is 0 Å². The molecular weight excluding hydrogens is 336 g/mol. The van der Waals surface area contributed by atoms with Crippen molar-refractivity contribution in [3.8, 4) is 11.5 Å². The predicted octanol–water partition coefficient (Wildman–Crippen LogP) is 5.48. The molecule has 1 aliphatic rings. The molecule has 1 atom stereocenters. The standard InChI is InChI=1S/C24H24O3/c1-25-21-13-10-18(11-14-21)16-26-17-20-7-2-4-8-22(20)24-15-12-19-6-3-5-9-23(19)27-24/h2-11,13-14,24H,12,15-17H2,1H3. The third-order valence-electron chi connectivity index (χ3n) is 5.01. The van der Waals surface area contributed by atoms with E-state index in [1.54, 1.807) is 7.11 Å². The number of para-hydroxylation sites is 1. The van der Waals surface area contributed by atoms with Gasteiger partial charge >= 0.3 is 0 Å². The lowest BCUT2D eigenvalue weighted by Gasteiger charge is -2.27. The van der Waals surface area contributed by atoms with Crippen LogP contribution in [0, 0.1) is 0 Å². The number of ether oxygens (including phenoxy) is 3. The van der Waals surface area contributed by atoms with Crippen molar-refractivity contribution in [1.29, 1.82) is 0 Å². The van der Waals surface area contributed by atoms with Gasteiger partial charge in [0.1, 0.15) is 17.6 Å². The van der Waals surface area contributed by atoms with Crippen LogP contribution in [0.5, 0.6) is 11.5 Å². The highest BCUT2D eigenvalue weighted by atomic mass is 16.5. The van der Waals surface area contributed by atoms with Crippen molar-refractivity contribution in [1.82, 2.24) is 0 Å². The molecule has 0 spiro atoms. The van der Waals surface area contributed by atoms with E-state index in [9.17, 15) is 0 Å². The molecule has 1 unspecified atom stereocenters. The van der Waals surface area contributed by atoms with Gasteiger partial charge in [-0.05, 0) is 53.3 Å². The fraction of sp³-hybridized carbons (Fsp3) is 0.250. The number of hydrogen-bond donors (Lipinski definition) is 0. The van der Waals surface area contributed by atoms with E-state index in [-0.39, 0.29) is 6.10 Å². The van der Waals surface area contributed by atoms with E-state index in [1.807, 2.05) is 30.3 Å². The fourth-order valence-electron chi connectivity index (χ4n) is 3.52. The molecule has 0 radical (unpaired) electrons. The second-order valence-corrected chi connectivity index (χ2v) is 6.79. The van der Waals surface area contributed by atoms with Gasteiger partial charge in [-0.3, -0.25) is 0 Å². The van der Waals surface area contributed by atoms with Crippen LogP contribution in [0.4, 0.5) is 0 Å². The average Bonchev–Trinajstić information content (AvgIpc) is 2.74. The molecule has 1 heterocycles. The summed E-state index contributed by atoms with van der Waals surface area (Å²) in [5, 5.41) is 0. The smallest absolute Gasteiger partial charge is 0.124 e. The molecule has 0 saturated carbocycles. The van der Waals surface area contributed by atoms with E-state index in [0.717, 1.165) is 29.9 Å². The Morgan fingerprint density at radius 2 is 1.67 bits per heavy atom. The van der Waals surface area contributed by atoms with Crippen LogP contribution in [0.15, 0.2) is 72.8 Å². The van der Waals surface area contributed by atoms with Crippen LogP contribution in [0.25, 0.3) is 0 Å². The van der Waals surface area contributed by atoms with Crippen molar-refractivity contribution in [3.05, 3.63) is 95.1 Å². The lowest BCUT2D eigenvalue weighted by Crippen LogP contribution is -2.16. The molecule has 3 aromatic rings. The van der Waals surface area contributed by atoms with Crippen LogP contribution in [-0.2, 0) is 24.4 Å². The van der Waals surface area contributed by atoms with Crippen LogP contribution in [-0.4, -0.2) is 7.11 Å². The van der Waals surface area contributed by atoms with Gasteiger partial charge in [-0.1, -0.05) is 54.6 Å². The summed E-state index contributed by atoms with van der Waals surface area (Å²) in [7, 11) is 1.67. The van der Waals surface area contributed by atoms with Gasteiger partial charge in [0, 0.05) is 0 Å². The molecule has 0 bridgehead atoms. The Balaban J connectivity index is 1.42. The zero-order valence-electron chi connectivity index (χ0n) is 15.6. The highest BCUT2D eigenvalue weighted by Gasteiger charge is 2.22. The van der Waals surface area contributed by atoms with Gasteiger partial charge in [0.25, 0.3) is 0 Å². The summed E-state index contributed by atoms with van der Waals surface area (Å²) in [6.07, 6.45) is 2.12. The molecule has 4 rings (SSSR count). The molecule has 0 amide bonds. The van der Waals surface area contributed by atoms with Crippen molar-refractivity contribution in [2.75, 3.05) is 7.11 Å². The minimum absolute atomic E-state index is 0.0840. The summed E-state index contributed by atoms with van der Waals surface area (Å²) in [6.45, 7) is 1.15. The molecule has 0 N–H and O–H groups in total. The van der Waals surface area contributed by atoms with Gasteiger partial charge in [0.15, 0.2) is 0 Å². The van der Waals surface area contributed by atoms with Crippen molar-refractivity contribution in [2.24, 2.45) is 0 Å². The van der Waals surface area contributed by atoms with Crippen molar-refractivity contribution < 1.29 is 14.2 Å². The SMILES string of the molecule is COc1ccc(COCc2ccccc2C2CCc3ccccc3O2)cc1. The first kappa shape index (κ1) is 17.6. The lowest BCUT2D eigenvalue weighted by atomic mass is 9.94. The Morgan fingerprint density at radius 3 is 2.52 bits per heavy atom. The number of hydrogen-bond acceptors (Lipinski definition) is 3. The highest BCUT2D eigenvalue weighted by Crippen LogP contribution is 2.36. The molecule has 3 aromatic carbocycles. The van der Waals surface area contributed by atoms with Gasteiger partial charge in [-0.25, -0.2) is 0 Å². The molecule has 0 aliphatic carbocycles. The van der Waals surface area contributed by atoms with E-state index >= 15 is 0 Å². The maximum Gasteiger partial charge on any atom is 0.124 e. The number of rotatable bonds is 6. The topological polar surface area (TPSA) is 27.7 Å². The second kappa shape index (κ2) is 8.28. The van der Waals surface area contributed by atoms with Crippen LogP contribution >= 0.6 is 0 Å². The van der Waals surface area contributed by atoms with Crippen molar-refractivity contribution >= 4 is 0 Å². The van der Waals surface area contributed by atoms with E-state index in [1.165, 1.54) is 16.7 Å². The molecule has 0 fully saturated rings. The molecule has 1 aliphatic heterocycles. The molecule has 0 saturated heterocycles. The molecule has 27 heavy (non-hydrogen) atoms. The lowest BCUT2D eigenvalue weighted by molar-refractivity contribution is 0.103. The minimum atomic E-state index is 0.0840. The Morgan fingerprint density at radius 1 is 0.889 bits per heavy atom. The van der Waals surface area contributed by atoms with Gasteiger partial charge in [-0.15, -0.1) is 0 Å². The third-order valence-corrected chi connectivity index (χ3v) is 5.01. The quantitative estimate of drug-likeness (QED) is 0.583. The summed E-state index contributed by atoms with van der Waals surface area (Å²) in [6, 6.07) is 24.7. The molecule has 138 valence electrons. The molecule has 3 nitrogen and oxygen atoms in total. The predicted molar refractivity (Wildman–Crippen MR) is 106 cm³/mol. The van der Waals surface area contributed by atoms with Gasteiger partial charge < -0.3 is 14.2 Å². The number of fused-ring (bicyclic) bond motifs is 1. The molecular formula is C24H24O3. The maximum atomic E-state index is 6.28. The Hall–Kier alpha value is -2.78. The van der Waals surface area contributed by atoms with Crippen LogP contribution in [0.1, 0.15) is 34.8 Å². The summed E-state index contributed by atoms with van der Waals surface area (Å²) in [5.74, 6) is 1.86. The van der Waals surface area contributed by atoms with E-state index in [0.29, 0.717) is 13.2 Å². The van der Waals surface area contributed by atoms with E-state index in [4.69, 9.17) is 14.2 Å². The highest BCUT2D eigenvalue weighted by molar-refractivity contribution is 5.38. The zero-order valence-corrected chi connectivity index (χ0v) is 15.6. The van der Waals surface area contributed by atoms with E-state index in [2.05, 4.69) is 42.5 Å². The monoisotopic (exact) mass is 360 g/mol. The third kappa shape index (κ3) is 4.15. The van der Waals surface area contributed by atoms with Gasteiger partial charge in [0.05, 0.1) is 20.3 Å². The number of benzene rings is 3. The normalized spacial score (nSPS) is 15.7. The summed E-state index contributed by atoms with van der Waals surface area (Å²) < 4.78 is 17.5.